The fourth-order valence-corrected chi connectivity index (χ4v) is 2.90. The largest absolute Gasteiger partial charge is 0.466 e. The minimum atomic E-state index is 0.00111. The fraction of sp³-hybridized carbons (Fsp3) is 0.188. The quantitative estimate of drug-likeness (QED) is 0.693. The van der Waals surface area contributed by atoms with Gasteiger partial charge in [0.15, 0.2) is 5.78 Å². The van der Waals surface area contributed by atoms with Gasteiger partial charge in [-0.25, -0.2) is 0 Å². The highest BCUT2D eigenvalue weighted by Gasteiger charge is 2.22. The van der Waals surface area contributed by atoms with Crippen molar-refractivity contribution in [2.24, 2.45) is 0 Å². The first-order valence-corrected chi connectivity index (χ1v) is 7.16. The van der Waals surface area contributed by atoms with E-state index < -0.39 is 0 Å². The van der Waals surface area contributed by atoms with Gasteiger partial charge < -0.3 is 9.40 Å². The summed E-state index contributed by atoms with van der Waals surface area (Å²) in [5.74, 6) is 1.47. The first-order chi connectivity index (χ1) is 9.49. The SMILES string of the molecule is Cc1oc(C)c(C(=O)c2c[nH]c3ccc(Br)cc23)c1C. The molecule has 1 aromatic carbocycles. The number of furan rings is 1. The number of carbonyl (C=O) groups is 1. The van der Waals surface area contributed by atoms with Gasteiger partial charge in [0.2, 0.25) is 0 Å². The van der Waals surface area contributed by atoms with E-state index >= 15 is 0 Å². The van der Waals surface area contributed by atoms with Crippen LogP contribution < -0.4 is 0 Å². The van der Waals surface area contributed by atoms with Crippen LogP contribution in [0.4, 0.5) is 0 Å². The monoisotopic (exact) mass is 331 g/mol. The molecule has 0 bridgehead atoms. The van der Waals surface area contributed by atoms with Gasteiger partial charge in [-0.05, 0) is 39.0 Å². The minimum Gasteiger partial charge on any atom is -0.466 e. The highest BCUT2D eigenvalue weighted by Crippen LogP contribution is 2.28. The van der Waals surface area contributed by atoms with Crippen LogP contribution in [-0.2, 0) is 0 Å². The Morgan fingerprint density at radius 1 is 1.20 bits per heavy atom. The second-order valence-electron chi connectivity index (χ2n) is 4.94. The Morgan fingerprint density at radius 3 is 2.60 bits per heavy atom. The summed E-state index contributed by atoms with van der Waals surface area (Å²) >= 11 is 3.45. The van der Waals surface area contributed by atoms with Crippen molar-refractivity contribution in [1.82, 2.24) is 4.98 Å². The highest BCUT2D eigenvalue weighted by molar-refractivity contribution is 9.10. The van der Waals surface area contributed by atoms with Crippen molar-refractivity contribution in [2.45, 2.75) is 20.8 Å². The number of aromatic amines is 1. The second kappa shape index (κ2) is 4.63. The molecule has 1 N–H and O–H groups in total. The highest BCUT2D eigenvalue weighted by atomic mass is 79.9. The summed E-state index contributed by atoms with van der Waals surface area (Å²) in [6.45, 7) is 5.63. The summed E-state index contributed by atoms with van der Waals surface area (Å²) in [4.78, 5) is 15.9. The van der Waals surface area contributed by atoms with Gasteiger partial charge in [0, 0.05) is 32.7 Å². The smallest absolute Gasteiger partial charge is 0.198 e. The number of hydrogen-bond acceptors (Lipinski definition) is 2. The maximum Gasteiger partial charge on any atom is 0.198 e. The molecule has 3 rings (SSSR count). The Hall–Kier alpha value is -1.81. The van der Waals surface area contributed by atoms with Crippen LogP contribution in [0.1, 0.15) is 33.0 Å². The summed E-state index contributed by atoms with van der Waals surface area (Å²) in [5, 5.41) is 0.919. The molecule has 4 heteroatoms. The number of benzene rings is 1. The Labute approximate surface area is 125 Å². The average molecular weight is 332 g/mol. The molecular formula is C16H14BrNO2. The molecule has 0 radical (unpaired) electrons. The van der Waals surface area contributed by atoms with E-state index in [2.05, 4.69) is 20.9 Å². The van der Waals surface area contributed by atoms with Crippen molar-refractivity contribution in [3.05, 3.63) is 57.1 Å². The van der Waals surface area contributed by atoms with Crippen LogP contribution in [0.15, 0.2) is 33.3 Å². The summed E-state index contributed by atoms with van der Waals surface area (Å²) in [7, 11) is 0. The first kappa shape index (κ1) is 13.2. The van der Waals surface area contributed by atoms with Crippen molar-refractivity contribution in [3.63, 3.8) is 0 Å². The summed E-state index contributed by atoms with van der Waals surface area (Å²) < 4.78 is 6.51. The van der Waals surface area contributed by atoms with Gasteiger partial charge in [-0.2, -0.15) is 0 Å². The van der Waals surface area contributed by atoms with E-state index in [9.17, 15) is 4.79 Å². The first-order valence-electron chi connectivity index (χ1n) is 6.37. The molecule has 0 saturated carbocycles. The lowest BCUT2D eigenvalue weighted by atomic mass is 9.99. The maximum absolute atomic E-state index is 12.8. The van der Waals surface area contributed by atoms with Gasteiger partial charge in [0.1, 0.15) is 11.5 Å². The minimum absolute atomic E-state index is 0.00111. The van der Waals surface area contributed by atoms with Crippen molar-refractivity contribution >= 4 is 32.6 Å². The van der Waals surface area contributed by atoms with Gasteiger partial charge in [-0.1, -0.05) is 15.9 Å². The number of halogens is 1. The van der Waals surface area contributed by atoms with Crippen LogP contribution in [-0.4, -0.2) is 10.8 Å². The summed E-state index contributed by atoms with van der Waals surface area (Å²) in [5.41, 5.74) is 3.21. The Morgan fingerprint density at radius 2 is 1.95 bits per heavy atom. The molecule has 0 saturated heterocycles. The number of ketones is 1. The van der Waals surface area contributed by atoms with Crippen LogP contribution >= 0.6 is 15.9 Å². The number of carbonyl (C=O) groups excluding carboxylic acids is 1. The van der Waals surface area contributed by atoms with E-state index in [1.807, 2.05) is 39.0 Å². The number of fused-ring (bicyclic) bond motifs is 1. The Balaban J connectivity index is 2.20. The Kier molecular flexibility index (Phi) is 3.05. The predicted octanol–water partition coefficient (Wildman–Crippen LogP) is 4.68. The standard InChI is InChI=1S/C16H14BrNO2/c1-8-9(2)20-10(3)15(8)16(19)13-7-18-14-5-4-11(17)6-12(13)14/h4-7,18H,1-3H3. The van der Waals surface area contributed by atoms with E-state index in [1.165, 1.54) is 0 Å². The van der Waals surface area contributed by atoms with E-state index in [4.69, 9.17) is 4.42 Å². The number of H-pyrrole nitrogens is 1. The molecule has 20 heavy (non-hydrogen) atoms. The average Bonchev–Trinajstić information content (AvgIpc) is 2.91. The molecular weight excluding hydrogens is 318 g/mol. The fourth-order valence-electron chi connectivity index (χ4n) is 2.54. The molecule has 0 amide bonds. The molecule has 0 aliphatic rings. The molecule has 0 unspecified atom stereocenters. The number of nitrogens with one attached hydrogen (secondary N) is 1. The topological polar surface area (TPSA) is 46.0 Å². The third-order valence-electron chi connectivity index (χ3n) is 3.68. The van der Waals surface area contributed by atoms with Gasteiger partial charge in [-0.15, -0.1) is 0 Å². The van der Waals surface area contributed by atoms with Gasteiger partial charge in [-0.3, -0.25) is 4.79 Å². The molecule has 0 spiro atoms. The molecule has 0 aliphatic carbocycles. The normalized spacial score (nSPS) is 11.2. The molecule has 2 heterocycles. The van der Waals surface area contributed by atoms with Crippen LogP contribution in [0, 0.1) is 20.8 Å². The molecule has 3 nitrogen and oxygen atoms in total. The lowest BCUT2D eigenvalue weighted by molar-refractivity contribution is 0.103. The zero-order valence-corrected chi connectivity index (χ0v) is 13.1. The van der Waals surface area contributed by atoms with E-state index in [1.54, 1.807) is 6.20 Å². The molecule has 102 valence electrons. The van der Waals surface area contributed by atoms with E-state index in [0.29, 0.717) is 16.9 Å². The van der Waals surface area contributed by atoms with Gasteiger partial charge in [0.25, 0.3) is 0 Å². The lowest BCUT2D eigenvalue weighted by Gasteiger charge is -2.00. The van der Waals surface area contributed by atoms with E-state index in [0.717, 1.165) is 26.7 Å². The van der Waals surface area contributed by atoms with Crippen LogP contribution in [0.3, 0.4) is 0 Å². The van der Waals surface area contributed by atoms with Crippen molar-refractivity contribution in [3.8, 4) is 0 Å². The second-order valence-corrected chi connectivity index (χ2v) is 5.85. The number of aromatic nitrogens is 1. The van der Waals surface area contributed by atoms with Crippen molar-refractivity contribution in [2.75, 3.05) is 0 Å². The summed E-state index contributed by atoms with van der Waals surface area (Å²) in [6.07, 6.45) is 1.76. The zero-order valence-electron chi connectivity index (χ0n) is 11.5. The van der Waals surface area contributed by atoms with Crippen molar-refractivity contribution in [1.29, 1.82) is 0 Å². The van der Waals surface area contributed by atoms with Crippen molar-refractivity contribution < 1.29 is 9.21 Å². The number of aryl methyl sites for hydroxylation is 2. The Bertz CT molecular complexity index is 826. The molecule has 0 aliphatic heterocycles. The molecule has 0 atom stereocenters. The summed E-state index contributed by atoms with van der Waals surface area (Å²) in [6, 6.07) is 5.86. The van der Waals surface area contributed by atoms with Crippen LogP contribution in [0.25, 0.3) is 10.9 Å². The van der Waals surface area contributed by atoms with Gasteiger partial charge in [0.05, 0.1) is 5.56 Å². The third kappa shape index (κ3) is 1.91. The number of hydrogen-bond donors (Lipinski definition) is 1. The zero-order chi connectivity index (χ0) is 14.4. The van der Waals surface area contributed by atoms with Crippen LogP contribution in [0.2, 0.25) is 0 Å². The predicted molar refractivity (Wildman–Crippen MR) is 82.4 cm³/mol. The van der Waals surface area contributed by atoms with Crippen LogP contribution in [0.5, 0.6) is 0 Å². The maximum atomic E-state index is 12.8. The molecule has 3 aromatic rings. The molecule has 0 fully saturated rings. The number of rotatable bonds is 2. The lowest BCUT2D eigenvalue weighted by Crippen LogP contribution is -2.03. The van der Waals surface area contributed by atoms with E-state index in [-0.39, 0.29) is 5.78 Å². The van der Waals surface area contributed by atoms with Gasteiger partial charge >= 0.3 is 0 Å². The third-order valence-corrected chi connectivity index (χ3v) is 4.17. The molecule has 2 aromatic heterocycles.